The number of hydrogen-bond acceptors (Lipinski definition) is 4. The van der Waals surface area contributed by atoms with Crippen LogP contribution in [0.4, 0.5) is 0 Å². The summed E-state index contributed by atoms with van der Waals surface area (Å²) in [5.74, 6) is 1.63. The van der Waals surface area contributed by atoms with E-state index in [1.54, 1.807) is 11.3 Å². The van der Waals surface area contributed by atoms with Crippen LogP contribution in [0.3, 0.4) is 0 Å². The fourth-order valence-corrected chi connectivity index (χ4v) is 3.16. The van der Waals surface area contributed by atoms with Gasteiger partial charge in [-0.2, -0.15) is 0 Å². The molecule has 2 rings (SSSR count). The van der Waals surface area contributed by atoms with Crippen LogP contribution in [0.15, 0.2) is 0 Å². The van der Waals surface area contributed by atoms with E-state index in [9.17, 15) is 0 Å². The second kappa shape index (κ2) is 5.23. The molecule has 0 aromatic carbocycles. The molecule has 3 nitrogen and oxygen atoms in total. The molecule has 1 fully saturated rings. The molecule has 0 saturated heterocycles. The van der Waals surface area contributed by atoms with E-state index in [1.807, 2.05) is 6.92 Å². The van der Waals surface area contributed by atoms with Crippen LogP contribution in [0.25, 0.3) is 0 Å². The van der Waals surface area contributed by atoms with Gasteiger partial charge >= 0.3 is 0 Å². The predicted octanol–water partition coefficient (Wildman–Crippen LogP) is 2.76. The Morgan fingerprint density at radius 1 is 1.31 bits per heavy atom. The molecule has 0 amide bonds. The summed E-state index contributed by atoms with van der Waals surface area (Å²) in [4.78, 5) is 0. The monoisotopic (exact) mass is 239 g/mol. The lowest BCUT2D eigenvalue weighted by Gasteiger charge is -2.34. The van der Waals surface area contributed by atoms with Crippen molar-refractivity contribution in [3.05, 3.63) is 10.0 Å². The Bertz CT molecular complexity index is 337. The van der Waals surface area contributed by atoms with Crippen LogP contribution in [0.2, 0.25) is 0 Å². The Hall–Kier alpha value is -0.480. The minimum absolute atomic E-state index is 0.660. The molecule has 0 aliphatic heterocycles. The SMILES string of the molecule is Cc1nnc(CN[C@@H]2CCC[C@H](C)[C@H]2C)s1. The molecule has 0 spiro atoms. The van der Waals surface area contributed by atoms with Crippen molar-refractivity contribution in [1.82, 2.24) is 15.5 Å². The Morgan fingerprint density at radius 2 is 2.12 bits per heavy atom. The van der Waals surface area contributed by atoms with Gasteiger partial charge < -0.3 is 5.32 Å². The van der Waals surface area contributed by atoms with Crippen molar-refractivity contribution in [2.24, 2.45) is 11.8 Å². The average molecular weight is 239 g/mol. The van der Waals surface area contributed by atoms with Crippen molar-refractivity contribution in [3.63, 3.8) is 0 Å². The van der Waals surface area contributed by atoms with Gasteiger partial charge in [0.05, 0.1) is 0 Å². The zero-order valence-electron chi connectivity index (χ0n) is 10.4. The van der Waals surface area contributed by atoms with Gasteiger partial charge in [0, 0.05) is 12.6 Å². The smallest absolute Gasteiger partial charge is 0.131 e. The van der Waals surface area contributed by atoms with Crippen LogP contribution in [-0.4, -0.2) is 16.2 Å². The average Bonchev–Trinajstić information content (AvgIpc) is 2.67. The lowest BCUT2D eigenvalue weighted by Crippen LogP contribution is -2.40. The molecular formula is C12H21N3S. The van der Waals surface area contributed by atoms with Gasteiger partial charge in [-0.1, -0.05) is 26.7 Å². The quantitative estimate of drug-likeness (QED) is 0.881. The lowest BCUT2D eigenvalue weighted by atomic mass is 9.78. The minimum Gasteiger partial charge on any atom is -0.307 e. The van der Waals surface area contributed by atoms with E-state index in [0.29, 0.717) is 6.04 Å². The Morgan fingerprint density at radius 3 is 2.81 bits per heavy atom. The third kappa shape index (κ3) is 2.80. The lowest BCUT2D eigenvalue weighted by molar-refractivity contribution is 0.206. The molecule has 90 valence electrons. The number of aryl methyl sites for hydroxylation is 1. The third-order valence-electron chi connectivity index (χ3n) is 3.79. The summed E-state index contributed by atoms with van der Waals surface area (Å²) in [7, 11) is 0. The summed E-state index contributed by atoms with van der Waals surface area (Å²) < 4.78 is 0. The summed E-state index contributed by atoms with van der Waals surface area (Å²) >= 11 is 1.69. The number of hydrogen-bond donors (Lipinski definition) is 1. The van der Waals surface area contributed by atoms with E-state index in [4.69, 9.17) is 0 Å². The highest BCUT2D eigenvalue weighted by Gasteiger charge is 2.26. The largest absolute Gasteiger partial charge is 0.307 e. The van der Waals surface area contributed by atoms with E-state index in [0.717, 1.165) is 28.4 Å². The Kier molecular flexibility index (Phi) is 3.92. The third-order valence-corrected chi connectivity index (χ3v) is 4.63. The van der Waals surface area contributed by atoms with Crippen LogP contribution in [-0.2, 0) is 6.54 Å². The van der Waals surface area contributed by atoms with Gasteiger partial charge in [-0.3, -0.25) is 0 Å². The molecule has 0 bridgehead atoms. The topological polar surface area (TPSA) is 37.8 Å². The maximum Gasteiger partial charge on any atom is 0.131 e. The molecule has 0 unspecified atom stereocenters. The van der Waals surface area contributed by atoms with Crippen LogP contribution in [0.5, 0.6) is 0 Å². The first-order valence-corrected chi connectivity index (χ1v) is 7.01. The zero-order chi connectivity index (χ0) is 11.5. The summed E-state index contributed by atoms with van der Waals surface area (Å²) in [6, 6.07) is 0.660. The van der Waals surface area contributed by atoms with Crippen molar-refractivity contribution in [3.8, 4) is 0 Å². The normalized spacial score (nSPS) is 30.6. The molecule has 1 aliphatic rings. The Balaban J connectivity index is 1.85. The van der Waals surface area contributed by atoms with E-state index < -0.39 is 0 Å². The van der Waals surface area contributed by atoms with Gasteiger partial charge in [0.15, 0.2) is 0 Å². The molecule has 1 heterocycles. The summed E-state index contributed by atoms with van der Waals surface area (Å²) in [5.41, 5.74) is 0. The van der Waals surface area contributed by atoms with Crippen molar-refractivity contribution >= 4 is 11.3 Å². The van der Waals surface area contributed by atoms with Gasteiger partial charge in [-0.05, 0) is 25.2 Å². The standard InChI is InChI=1S/C12H21N3S/c1-8-5-4-6-11(9(8)2)13-7-12-15-14-10(3)16-12/h8-9,11,13H,4-7H2,1-3H3/t8-,9+,11+/m0/s1. The minimum atomic E-state index is 0.660. The molecule has 1 N–H and O–H groups in total. The fraction of sp³-hybridized carbons (Fsp3) is 0.833. The molecule has 1 aliphatic carbocycles. The molecule has 1 aromatic rings. The van der Waals surface area contributed by atoms with Gasteiger partial charge in [-0.15, -0.1) is 21.5 Å². The number of nitrogens with one attached hydrogen (secondary N) is 1. The number of nitrogens with zero attached hydrogens (tertiary/aromatic N) is 2. The van der Waals surface area contributed by atoms with Gasteiger partial charge in [0.25, 0.3) is 0 Å². The summed E-state index contributed by atoms with van der Waals surface area (Å²) in [5, 5.41) is 14.0. The molecule has 1 saturated carbocycles. The summed E-state index contributed by atoms with van der Waals surface area (Å²) in [6.07, 6.45) is 4.05. The second-order valence-corrected chi connectivity index (χ2v) is 6.24. The molecule has 3 atom stereocenters. The van der Waals surface area contributed by atoms with Gasteiger partial charge in [0.2, 0.25) is 0 Å². The second-order valence-electron chi connectivity index (χ2n) is 4.97. The maximum atomic E-state index is 4.15. The first kappa shape index (κ1) is 12.0. The van der Waals surface area contributed by atoms with Gasteiger partial charge in [0.1, 0.15) is 10.0 Å². The van der Waals surface area contributed by atoms with Crippen LogP contribution >= 0.6 is 11.3 Å². The van der Waals surface area contributed by atoms with Crippen LogP contribution in [0, 0.1) is 18.8 Å². The fourth-order valence-electron chi connectivity index (χ4n) is 2.50. The highest BCUT2D eigenvalue weighted by Crippen LogP contribution is 2.29. The zero-order valence-corrected chi connectivity index (χ0v) is 11.2. The number of aromatic nitrogens is 2. The van der Waals surface area contributed by atoms with Crippen LogP contribution in [0.1, 0.15) is 43.1 Å². The van der Waals surface area contributed by atoms with Crippen LogP contribution < -0.4 is 5.32 Å². The first-order valence-electron chi connectivity index (χ1n) is 6.19. The van der Waals surface area contributed by atoms with E-state index >= 15 is 0 Å². The van der Waals surface area contributed by atoms with Crippen molar-refractivity contribution in [1.29, 1.82) is 0 Å². The van der Waals surface area contributed by atoms with Crippen molar-refractivity contribution in [2.75, 3.05) is 0 Å². The molecule has 0 radical (unpaired) electrons. The highest BCUT2D eigenvalue weighted by atomic mass is 32.1. The van der Waals surface area contributed by atoms with Crippen molar-refractivity contribution in [2.45, 2.75) is 52.6 Å². The number of rotatable bonds is 3. The summed E-state index contributed by atoms with van der Waals surface area (Å²) in [6.45, 7) is 7.63. The van der Waals surface area contributed by atoms with E-state index in [1.165, 1.54) is 19.3 Å². The molecule has 1 aromatic heterocycles. The molecule has 16 heavy (non-hydrogen) atoms. The van der Waals surface area contributed by atoms with Crippen molar-refractivity contribution < 1.29 is 0 Å². The maximum absolute atomic E-state index is 4.15. The van der Waals surface area contributed by atoms with E-state index in [-0.39, 0.29) is 0 Å². The predicted molar refractivity (Wildman–Crippen MR) is 67.5 cm³/mol. The Labute approximate surface area is 102 Å². The van der Waals surface area contributed by atoms with Gasteiger partial charge in [-0.25, -0.2) is 0 Å². The molecule has 4 heteroatoms. The highest BCUT2D eigenvalue weighted by molar-refractivity contribution is 7.11. The first-order chi connectivity index (χ1) is 7.66. The molecular weight excluding hydrogens is 218 g/mol. The van der Waals surface area contributed by atoms with E-state index in [2.05, 4.69) is 29.4 Å².